The molecular formula is C13H26OSi. The third kappa shape index (κ3) is 4.02. The number of hydrogen-bond acceptors (Lipinski definition) is 1. The van der Waals surface area contributed by atoms with Crippen molar-refractivity contribution in [2.75, 3.05) is 0 Å². The fourth-order valence-corrected chi connectivity index (χ4v) is 3.12. The summed E-state index contributed by atoms with van der Waals surface area (Å²) >= 11 is 0. The van der Waals surface area contributed by atoms with Gasteiger partial charge in [-0.1, -0.05) is 13.8 Å². The molecule has 2 heteroatoms. The van der Waals surface area contributed by atoms with Crippen molar-refractivity contribution in [3.8, 4) is 0 Å². The van der Waals surface area contributed by atoms with E-state index in [1.54, 1.807) is 0 Å². The fourth-order valence-electron chi connectivity index (χ4n) is 2.12. The van der Waals surface area contributed by atoms with Crippen LogP contribution in [0.25, 0.3) is 0 Å². The Kier molecular flexibility index (Phi) is 4.04. The standard InChI is InChI=1S/C13H26OSi/c1-10(2)12-8-7-11(3)13(9-12)14-15(4,5)6/h10,12H,7-9H2,1-6H3/t12-/m1/s1. The molecule has 0 unspecified atom stereocenters. The molecule has 1 rings (SSSR count). The van der Waals surface area contributed by atoms with Crippen molar-refractivity contribution in [3.05, 3.63) is 11.3 Å². The predicted molar refractivity (Wildman–Crippen MR) is 69.3 cm³/mol. The van der Waals surface area contributed by atoms with Gasteiger partial charge in [0.15, 0.2) is 0 Å². The first-order valence-electron chi connectivity index (χ1n) is 6.17. The van der Waals surface area contributed by atoms with Gasteiger partial charge in [-0.15, -0.1) is 0 Å². The minimum absolute atomic E-state index is 0.790. The van der Waals surface area contributed by atoms with Crippen LogP contribution in [0.3, 0.4) is 0 Å². The van der Waals surface area contributed by atoms with Gasteiger partial charge in [-0.2, -0.15) is 0 Å². The third-order valence-electron chi connectivity index (χ3n) is 3.19. The Morgan fingerprint density at radius 3 is 2.33 bits per heavy atom. The molecule has 0 amide bonds. The zero-order valence-electron chi connectivity index (χ0n) is 11.2. The smallest absolute Gasteiger partial charge is 0.241 e. The summed E-state index contributed by atoms with van der Waals surface area (Å²) in [5.74, 6) is 2.94. The maximum atomic E-state index is 6.19. The van der Waals surface area contributed by atoms with Crippen molar-refractivity contribution in [3.63, 3.8) is 0 Å². The Balaban J connectivity index is 2.69. The summed E-state index contributed by atoms with van der Waals surface area (Å²) in [6.07, 6.45) is 3.76. The van der Waals surface area contributed by atoms with Crippen LogP contribution in [0.4, 0.5) is 0 Å². The molecule has 15 heavy (non-hydrogen) atoms. The highest BCUT2D eigenvalue weighted by molar-refractivity contribution is 6.70. The molecule has 1 aliphatic rings. The molecule has 0 N–H and O–H groups in total. The van der Waals surface area contributed by atoms with Gasteiger partial charge in [-0.05, 0) is 56.8 Å². The van der Waals surface area contributed by atoms with Gasteiger partial charge in [0.05, 0.1) is 5.76 Å². The second kappa shape index (κ2) is 4.73. The summed E-state index contributed by atoms with van der Waals surface area (Å²) < 4.78 is 6.19. The summed E-state index contributed by atoms with van der Waals surface area (Å²) in [7, 11) is -1.41. The molecule has 0 radical (unpaired) electrons. The van der Waals surface area contributed by atoms with Crippen LogP contribution in [0.2, 0.25) is 19.6 Å². The molecule has 0 saturated heterocycles. The Hall–Kier alpha value is -0.243. The molecule has 1 nitrogen and oxygen atoms in total. The zero-order chi connectivity index (χ0) is 11.6. The predicted octanol–water partition coefficient (Wildman–Crippen LogP) is 4.57. The highest BCUT2D eigenvalue weighted by atomic mass is 28.4. The van der Waals surface area contributed by atoms with Gasteiger partial charge in [0, 0.05) is 6.42 Å². The van der Waals surface area contributed by atoms with E-state index >= 15 is 0 Å². The van der Waals surface area contributed by atoms with E-state index in [1.807, 2.05) is 0 Å². The lowest BCUT2D eigenvalue weighted by molar-refractivity contribution is 0.273. The van der Waals surface area contributed by atoms with Crippen molar-refractivity contribution >= 4 is 8.32 Å². The molecule has 0 spiro atoms. The van der Waals surface area contributed by atoms with Crippen LogP contribution in [-0.2, 0) is 4.43 Å². The number of hydrogen-bond donors (Lipinski definition) is 0. The van der Waals surface area contributed by atoms with E-state index in [0.29, 0.717) is 0 Å². The first-order chi connectivity index (χ1) is 6.79. The molecule has 0 aromatic rings. The molecule has 1 aliphatic carbocycles. The van der Waals surface area contributed by atoms with Gasteiger partial charge in [0.2, 0.25) is 8.32 Å². The van der Waals surface area contributed by atoms with Crippen molar-refractivity contribution in [1.29, 1.82) is 0 Å². The van der Waals surface area contributed by atoms with Crippen molar-refractivity contribution < 1.29 is 4.43 Å². The topological polar surface area (TPSA) is 9.23 Å². The molecule has 88 valence electrons. The van der Waals surface area contributed by atoms with E-state index in [0.717, 1.165) is 11.8 Å². The van der Waals surface area contributed by atoms with Crippen LogP contribution in [0.1, 0.15) is 40.0 Å². The second-order valence-electron chi connectivity index (χ2n) is 6.16. The summed E-state index contributed by atoms with van der Waals surface area (Å²) in [6, 6.07) is 0. The van der Waals surface area contributed by atoms with Gasteiger partial charge < -0.3 is 4.43 Å². The van der Waals surface area contributed by atoms with Crippen LogP contribution in [0.5, 0.6) is 0 Å². The fraction of sp³-hybridized carbons (Fsp3) is 0.846. The average molecular weight is 226 g/mol. The molecule has 0 heterocycles. The molecule has 0 aromatic carbocycles. The van der Waals surface area contributed by atoms with Crippen LogP contribution in [0, 0.1) is 11.8 Å². The maximum absolute atomic E-state index is 6.19. The quantitative estimate of drug-likeness (QED) is 0.641. The van der Waals surface area contributed by atoms with Crippen LogP contribution in [0.15, 0.2) is 11.3 Å². The van der Waals surface area contributed by atoms with E-state index in [2.05, 4.69) is 40.4 Å². The molecule has 1 atom stereocenters. The SMILES string of the molecule is CC1=C(O[Si](C)(C)C)C[C@H](C(C)C)CC1. The van der Waals surface area contributed by atoms with E-state index in [9.17, 15) is 0 Å². The Labute approximate surface area is 96.0 Å². The molecular weight excluding hydrogens is 200 g/mol. The normalized spacial score (nSPS) is 23.5. The lowest BCUT2D eigenvalue weighted by atomic mass is 9.82. The maximum Gasteiger partial charge on any atom is 0.241 e. The summed E-state index contributed by atoms with van der Waals surface area (Å²) in [6.45, 7) is 13.7. The lowest BCUT2D eigenvalue weighted by Gasteiger charge is -2.32. The number of allylic oxidation sites excluding steroid dienone is 2. The first kappa shape index (κ1) is 12.8. The highest BCUT2D eigenvalue weighted by Crippen LogP contribution is 2.35. The monoisotopic (exact) mass is 226 g/mol. The van der Waals surface area contributed by atoms with Crippen molar-refractivity contribution in [1.82, 2.24) is 0 Å². The van der Waals surface area contributed by atoms with E-state index in [-0.39, 0.29) is 0 Å². The summed E-state index contributed by atoms with van der Waals surface area (Å²) in [4.78, 5) is 0. The largest absolute Gasteiger partial charge is 0.547 e. The Morgan fingerprint density at radius 2 is 1.87 bits per heavy atom. The highest BCUT2D eigenvalue weighted by Gasteiger charge is 2.26. The summed E-state index contributed by atoms with van der Waals surface area (Å²) in [5, 5.41) is 0. The molecule has 0 bridgehead atoms. The minimum Gasteiger partial charge on any atom is -0.547 e. The van der Waals surface area contributed by atoms with Gasteiger partial charge in [-0.25, -0.2) is 0 Å². The summed E-state index contributed by atoms with van der Waals surface area (Å²) in [5.41, 5.74) is 1.49. The second-order valence-corrected chi connectivity index (χ2v) is 10.6. The lowest BCUT2D eigenvalue weighted by Crippen LogP contribution is -2.28. The van der Waals surface area contributed by atoms with Gasteiger partial charge in [0.25, 0.3) is 0 Å². The Morgan fingerprint density at radius 1 is 1.27 bits per heavy atom. The average Bonchev–Trinajstić information content (AvgIpc) is 2.06. The van der Waals surface area contributed by atoms with Crippen molar-refractivity contribution in [2.24, 2.45) is 11.8 Å². The van der Waals surface area contributed by atoms with E-state index in [1.165, 1.54) is 30.6 Å². The van der Waals surface area contributed by atoms with Crippen LogP contribution >= 0.6 is 0 Å². The minimum atomic E-state index is -1.41. The zero-order valence-corrected chi connectivity index (χ0v) is 12.2. The van der Waals surface area contributed by atoms with Crippen molar-refractivity contribution in [2.45, 2.75) is 59.7 Å². The Bertz CT molecular complexity index is 248. The first-order valence-corrected chi connectivity index (χ1v) is 9.58. The third-order valence-corrected chi connectivity index (χ3v) is 4.04. The molecule has 0 saturated carbocycles. The molecule has 0 fully saturated rings. The van der Waals surface area contributed by atoms with Gasteiger partial charge in [0.1, 0.15) is 0 Å². The van der Waals surface area contributed by atoms with Crippen LogP contribution < -0.4 is 0 Å². The molecule has 0 aromatic heterocycles. The van der Waals surface area contributed by atoms with E-state index in [4.69, 9.17) is 4.43 Å². The van der Waals surface area contributed by atoms with Gasteiger partial charge in [-0.3, -0.25) is 0 Å². The molecule has 0 aliphatic heterocycles. The number of rotatable bonds is 3. The van der Waals surface area contributed by atoms with Gasteiger partial charge >= 0.3 is 0 Å². The van der Waals surface area contributed by atoms with Crippen LogP contribution in [-0.4, -0.2) is 8.32 Å². The van der Waals surface area contributed by atoms with E-state index < -0.39 is 8.32 Å².